The summed E-state index contributed by atoms with van der Waals surface area (Å²) in [6.45, 7) is 2.41. The van der Waals surface area contributed by atoms with Gasteiger partial charge in [0.1, 0.15) is 0 Å². The summed E-state index contributed by atoms with van der Waals surface area (Å²) >= 11 is 0. The Morgan fingerprint density at radius 2 is 1.63 bits per heavy atom. The lowest BCUT2D eigenvalue weighted by Crippen LogP contribution is -2.47. The van der Waals surface area contributed by atoms with Crippen molar-refractivity contribution in [1.29, 1.82) is 0 Å². The van der Waals surface area contributed by atoms with Crippen LogP contribution in [0.1, 0.15) is 32.1 Å². The number of likely N-dealkylation sites (tertiary alicyclic amines) is 1. The van der Waals surface area contributed by atoms with E-state index in [1.165, 1.54) is 10.7 Å². The molecule has 2 aromatic carbocycles. The van der Waals surface area contributed by atoms with Gasteiger partial charge in [0.2, 0.25) is 15.9 Å². The Morgan fingerprint density at radius 1 is 0.889 bits per heavy atom. The van der Waals surface area contributed by atoms with Crippen LogP contribution in [0.4, 0.5) is 0 Å². The van der Waals surface area contributed by atoms with Crippen LogP contribution in [0.5, 0.6) is 0 Å². The van der Waals surface area contributed by atoms with E-state index in [4.69, 9.17) is 0 Å². The monoisotopic (exact) mass is 386 g/mol. The molecule has 2 aromatic rings. The number of carbonyl (C=O) groups is 1. The van der Waals surface area contributed by atoms with Gasteiger partial charge >= 0.3 is 0 Å². The minimum absolute atomic E-state index is 0.133. The molecule has 0 aromatic heterocycles. The third kappa shape index (κ3) is 3.73. The summed E-state index contributed by atoms with van der Waals surface area (Å²) in [5.41, 5.74) is 0. The standard InChI is InChI=1S/C21H26N2O3S/c24-21(22-12-4-1-5-13-22)19-9-6-14-23(16-19)27(25,26)20-11-10-17-7-2-3-8-18(17)15-20/h2-3,7-8,10-11,15,19H,1,4-6,9,12-14,16H2/t19-/m1/s1. The van der Waals surface area contributed by atoms with Crippen molar-refractivity contribution in [2.24, 2.45) is 5.92 Å². The molecule has 2 aliphatic heterocycles. The normalized spacial score (nSPS) is 22.1. The van der Waals surface area contributed by atoms with Crippen molar-refractivity contribution >= 4 is 26.7 Å². The number of hydrogen-bond acceptors (Lipinski definition) is 3. The molecule has 4 rings (SSSR count). The highest BCUT2D eigenvalue weighted by atomic mass is 32.2. The Morgan fingerprint density at radius 3 is 2.41 bits per heavy atom. The molecule has 0 aliphatic carbocycles. The van der Waals surface area contributed by atoms with E-state index in [1.807, 2.05) is 35.2 Å². The molecule has 5 nitrogen and oxygen atoms in total. The lowest BCUT2D eigenvalue weighted by Gasteiger charge is -2.35. The van der Waals surface area contributed by atoms with Crippen LogP contribution in [-0.4, -0.2) is 49.7 Å². The zero-order valence-corrected chi connectivity index (χ0v) is 16.3. The molecule has 6 heteroatoms. The number of benzene rings is 2. The van der Waals surface area contributed by atoms with E-state index < -0.39 is 10.0 Å². The van der Waals surface area contributed by atoms with Crippen molar-refractivity contribution in [2.75, 3.05) is 26.2 Å². The quantitative estimate of drug-likeness (QED) is 0.814. The van der Waals surface area contributed by atoms with Gasteiger partial charge < -0.3 is 4.90 Å². The summed E-state index contributed by atoms with van der Waals surface area (Å²) in [6, 6.07) is 13.0. The highest BCUT2D eigenvalue weighted by Gasteiger charge is 2.35. The molecule has 144 valence electrons. The van der Waals surface area contributed by atoms with Crippen LogP contribution in [0.3, 0.4) is 0 Å². The van der Waals surface area contributed by atoms with Gasteiger partial charge in [0.25, 0.3) is 0 Å². The first kappa shape index (κ1) is 18.4. The number of fused-ring (bicyclic) bond motifs is 1. The largest absolute Gasteiger partial charge is 0.342 e. The van der Waals surface area contributed by atoms with Crippen LogP contribution in [-0.2, 0) is 14.8 Å². The molecule has 2 aliphatic rings. The van der Waals surface area contributed by atoms with Crippen molar-refractivity contribution in [1.82, 2.24) is 9.21 Å². The molecule has 0 unspecified atom stereocenters. The van der Waals surface area contributed by atoms with Crippen LogP contribution < -0.4 is 0 Å². The first-order valence-electron chi connectivity index (χ1n) is 9.83. The number of hydrogen-bond donors (Lipinski definition) is 0. The lowest BCUT2D eigenvalue weighted by atomic mass is 9.97. The highest BCUT2D eigenvalue weighted by molar-refractivity contribution is 7.89. The van der Waals surface area contributed by atoms with Crippen LogP contribution in [0.2, 0.25) is 0 Å². The minimum Gasteiger partial charge on any atom is -0.342 e. The fraction of sp³-hybridized carbons (Fsp3) is 0.476. The maximum Gasteiger partial charge on any atom is 0.243 e. The molecule has 0 saturated carbocycles. The molecular formula is C21H26N2O3S. The Bertz CT molecular complexity index is 935. The van der Waals surface area contributed by atoms with E-state index in [2.05, 4.69) is 0 Å². The smallest absolute Gasteiger partial charge is 0.243 e. The van der Waals surface area contributed by atoms with Crippen molar-refractivity contribution in [3.05, 3.63) is 42.5 Å². The average molecular weight is 387 g/mol. The molecule has 0 bridgehead atoms. The van der Waals surface area contributed by atoms with E-state index in [9.17, 15) is 13.2 Å². The Hall–Kier alpha value is -1.92. The Labute approximate surface area is 161 Å². The van der Waals surface area contributed by atoms with Gasteiger partial charge in [-0.3, -0.25) is 4.79 Å². The molecule has 27 heavy (non-hydrogen) atoms. The molecule has 0 radical (unpaired) electrons. The van der Waals surface area contributed by atoms with E-state index in [0.717, 1.165) is 49.5 Å². The number of rotatable bonds is 3. The summed E-state index contributed by atoms with van der Waals surface area (Å²) in [5, 5.41) is 1.93. The minimum atomic E-state index is -3.59. The summed E-state index contributed by atoms with van der Waals surface area (Å²) in [4.78, 5) is 15.1. The molecule has 2 fully saturated rings. The first-order valence-corrected chi connectivity index (χ1v) is 11.3. The average Bonchev–Trinajstić information content (AvgIpc) is 2.73. The maximum absolute atomic E-state index is 13.2. The van der Waals surface area contributed by atoms with Crippen LogP contribution >= 0.6 is 0 Å². The van der Waals surface area contributed by atoms with Gasteiger partial charge in [-0.25, -0.2) is 8.42 Å². The number of carbonyl (C=O) groups excluding carboxylic acids is 1. The Kier molecular flexibility index (Phi) is 5.19. The summed E-state index contributed by atoms with van der Waals surface area (Å²) in [5.74, 6) is -0.0832. The van der Waals surface area contributed by atoms with Crippen LogP contribution in [0, 0.1) is 5.92 Å². The lowest BCUT2D eigenvalue weighted by molar-refractivity contribution is -0.137. The molecule has 2 saturated heterocycles. The van der Waals surface area contributed by atoms with Gasteiger partial charge in [-0.05, 0) is 55.0 Å². The molecule has 1 amide bonds. The van der Waals surface area contributed by atoms with E-state index in [-0.39, 0.29) is 11.8 Å². The van der Waals surface area contributed by atoms with E-state index in [0.29, 0.717) is 18.0 Å². The van der Waals surface area contributed by atoms with Crippen molar-refractivity contribution in [3.63, 3.8) is 0 Å². The third-order valence-corrected chi connectivity index (χ3v) is 7.62. The van der Waals surface area contributed by atoms with Crippen LogP contribution in [0.15, 0.2) is 47.4 Å². The number of piperidine rings is 2. The predicted octanol–water partition coefficient (Wildman–Crippen LogP) is 3.25. The van der Waals surface area contributed by atoms with Gasteiger partial charge in [0.15, 0.2) is 0 Å². The zero-order valence-electron chi connectivity index (χ0n) is 15.5. The summed E-state index contributed by atoms with van der Waals surface area (Å²) in [7, 11) is -3.59. The van der Waals surface area contributed by atoms with Crippen molar-refractivity contribution in [3.8, 4) is 0 Å². The molecule has 1 atom stereocenters. The fourth-order valence-electron chi connectivity index (χ4n) is 4.21. The van der Waals surface area contributed by atoms with E-state index >= 15 is 0 Å². The second-order valence-corrected chi connectivity index (χ2v) is 9.54. The second kappa shape index (κ2) is 7.60. The fourth-order valence-corrected chi connectivity index (χ4v) is 5.77. The topological polar surface area (TPSA) is 57.7 Å². The highest BCUT2D eigenvalue weighted by Crippen LogP contribution is 2.27. The molecule has 0 N–H and O–H groups in total. The zero-order chi connectivity index (χ0) is 18.9. The van der Waals surface area contributed by atoms with E-state index in [1.54, 1.807) is 12.1 Å². The van der Waals surface area contributed by atoms with Crippen molar-refractivity contribution < 1.29 is 13.2 Å². The molecular weight excluding hydrogens is 360 g/mol. The molecule has 0 spiro atoms. The number of amides is 1. The van der Waals surface area contributed by atoms with Crippen molar-refractivity contribution in [2.45, 2.75) is 37.0 Å². The predicted molar refractivity (Wildman–Crippen MR) is 106 cm³/mol. The van der Waals surface area contributed by atoms with Gasteiger partial charge in [0, 0.05) is 26.2 Å². The SMILES string of the molecule is O=C([C@@H]1CCCN(S(=O)(=O)c2ccc3ccccc3c2)C1)N1CCCCC1. The second-order valence-electron chi connectivity index (χ2n) is 7.60. The summed E-state index contributed by atoms with van der Waals surface area (Å²) < 4.78 is 27.9. The van der Waals surface area contributed by atoms with Crippen LogP contribution in [0.25, 0.3) is 10.8 Å². The maximum atomic E-state index is 13.2. The number of nitrogens with zero attached hydrogens (tertiary/aromatic N) is 2. The van der Waals surface area contributed by atoms with Gasteiger partial charge in [-0.1, -0.05) is 30.3 Å². The number of sulfonamides is 1. The van der Waals surface area contributed by atoms with Gasteiger partial charge in [-0.2, -0.15) is 4.31 Å². The van der Waals surface area contributed by atoms with Gasteiger partial charge in [-0.15, -0.1) is 0 Å². The van der Waals surface area contributed by atoms with Gasteiger partial charge in [0.05, 0.1) is 10.8 Å². The Balaban J connectivity index is 1.54. The summed E-state index contributed by atoms with van der Waals surface area (Å²) in [6.07, 6.45) is 4.79. The first-order chi connectivity index (χ1) is 13.1. The molecule has 2 heterocycles. The third-order valence-electron chi connectivity index (χ3n) is 5.76.